The van der Waals surface area contributed by atoms with E-state index in [1.165, 1.54) is 0 Å². The normalized spacial score (nSPS) is 16.7. The van der Waals surface area contributed by atoms with Crippen LogP contribution in [-0.4, -0.2) is 30.8 Å². The van der Waals surface area contributed by atoms with E-state index in [2.05, 4.69) is 5.32 Å². The van der Waals surface area contributed by atoms with E-state index in [9.17, 15) is 9.90 Å². The van der Waals surface area contributed by atoms with Gasteiger partial charge in [0.1, 0.15) is 0 Å². The van der Waals surface area contributed by atoms with E-state index in [0.29, 0.717) is 36.7 Å². The molecule has 1 amide bonds. The highest BCUT2D eigenvalue weighted by molar-refractivity contribution is 5.99. The number of amides is 1. The van der Waals surface area contributed by atoms with Gasteiger partial charge in [0.05, 0.1) is 19.3 Å². The van der Waals surface area contributed by atoms with E-state index in [0.717, 1.165) is 11.1 Å². The minimum atomic E-state index is -0.168. The fourth-order valence-corrected chi connectivity index (χ4v) is 3.55. The van der Waals surface area contributed by atoms with Gasteiger partial charge in [-0.05, 0) is 49.6 Å². The lowest BCUT2D eigenvalue weighted by Gasteiger charge is -2.25. The maximum Gasteiger partial charge on any atom is 0.252 e. The average Bonchev–Trinajstić information content (AvgIpc) is 2.99. The number of carbonyl (C=O) groups excluding carboxylic acids is 1. The second kappa shape index (κ2) is 8.23. The number of carbonyl (C=O) groups is 1. The molecule has 1 aliphatic rings. The molecular formula is C21H25NO4. The van der Waals surface area contributed by atoms with Crippen LogP contribution < -0.4 is 14.8 Å². The number of aliphatic hydroxyl groups is 1. The van der Waals surface area contributed by atoms with Gasteiger partial charge in [0, 0.05) is 18.1 Å². The Hall–Kier alpha value is -2.53. The minimum Gasteiger partial charge on any atom is -0.490 e. The molecule has 2 N–H and O–H groups in total. The Labute approximate surface area is 153 Å². The Morgan fingerprint density at radius 1 is 1.08 bits per heavy atom. The van der Waals surface area contributed by atoms with E-state index in [4.69, 9.17) is 9.47 Å². The molecule has 0 aliphatic carbocycles. The first-order valence-electron chi connectivity index (χ1n) is 9.09. The summed E-state index contributed by atoms with van der Waals surface area (Å²) < 4.78 is 11.4. The number of benzene rings is 2. The molecule has 5 heteroatoms. The van der Waals surface area contributed by atoms with Crippen LogP contribution in [0.15, 0.2) is 42.5 Å². The van der Waals surface area contributed by atoms with Gasteiger partial charge in [-0.1, -0.05) is 24.3 Å². The number of aliphatic hydroxyl groups excluding tert-OH is 1. The van der Waals surface area contributed by atoms with Crippen molar-refractivity contribution in [2.24, 2.45) is 0 Å². The number of nitrogens with one attached hydrogen (secondary N) is 1. The van der Waals surface area contributed by atoms with Crippen LogP contribution in [0, 0.1) is 0 Å². The molecule has 0 spiro atoms. The summed E-state index contributed by atoms with van der Waals surface area (Å²) in [5, 5.41) is 12.7. The molecule has 2 atom stereocenters. The molecule has 1 aliphatic heterocycles. The molecule has 2 aromatic carbocycles. The number of fused-ring (bicyclic) bond motifs is 1. The number of rotatable bonds is 8. The van der Waals surface area contributed by atoms with Gasteiger partial charge in [-0.15, -0.1) is 0 Å². The van der Waals surface area contributed by atoms with Gasteiger partial charge in [0.15, 0.2) is 11.5 Å². The van der Waals surface area contributed by atoms with Crippen LogP contribution >= 0.6 is 0 Å². The topological polar surface area (TPSA) is 67.8 Å². The molecule has 2 aromatic rings. The highest BCUT2D eigenvalue weighted by atomic mass is 16.5. The molecule has 1 heterocycles. The molecule has 1 unspecified atom stereocenters. The Bertz CT molecular complexity index is 774. The average molecular weight is 355 g/mol. The maximum atomic E-state index is 12.3. The van der Waals surface area contributed by atoms with Gasteiger partial charge in [-0.25, -0.2) is 0 Å². The Morgan fingerprint density at radius 2 is 1.81 bits per heavy atom. The van der Waals surface area contributed by atoms with Crippen LogP contribution in [0.1, 0.15) is 53.7 Å². The van der Waals surface area contributed by atoms with E-state index in [1.54, 1.807) is 0 Å². The number of hydrogen-bond donors (Lipinski definition) is 2. The van der Waals surface area contributed by atoms with Crippen molar-refractivity contribution in [3.05, 3.63) is 59.2 Å². The predicted molar refractivity (Wildman–Crippen MR) is 99.9 cm³/mol. The predicted octanol–water partition coefficient (Wildman–Crippen LogP) is 3.43. The SMILES string of the molecule is CCOc1ccc(C(CCO)[C@H]2NC(=O)c3ccccc32)cc1OCC. The molecule has 0 saturated heterocycles. The van der Waals surface area contributed by atoms with E-state index in [-0.39, 0.29) is 24.5 Å². The highest BCUT2D eigenvalue weighted by Crippen LogP contribution is 2.41. The molecule has 0 aromatic heterocycles. The maximum absolute atomic E-state index is 12.3. The Morgan fingerprint density at radius 3 is 2.54 bits per heavy atom. The lowest BCUT2D eigenvalue weighted by molar-refractivity contribution is 0.0949. The summed E-state index contributed by atoms with van der Waals surface area (Å²) in [5.74, 6) is 1.27. The zero-order valence-electron chi connectivity index (χ0n) is 15.2. The van der Waals surface area contributed by atoms with Gasteiger partial charge < -0.3 is 19.9 Å². The van der Waals surface area contributed by atoms with Crippen molar-refractivity contribution < 1.29 is 19.4 Å². The fourth-order valence-electron chi connectivity index (χ4n) is 3.55. The monoisotopic (exact) mass is 355 g/mol. The van der Waals surface area contributed by atoms with Crippen molar-refractivity contribution >= 4 is 5.91 Å². The first-order valence-corrected chi connectivity index (χ1v) is 9.09. The molecule has 0 fully saturated rings. The summed E-state index contributed by atoms with van der Waals surface area (Å²) in [7, 11) is 0. The molecule has 3 rings (SSSR count). The molecule has 26 heavy (non-hydrogen) atoms. The molecule has 5 nitrogen and oxygen atoms in total. The molecule has 138 valence electrons. The molecule has 0 saturated carbocycles. The second-order valence-corrected chi connectivity index (χ2v) is 6.23. The third-order valence-electron chi connectivity index (χ3n) is 4.67. The quantitative estimate of drug-likeness (QED) is 0.761. The third-order valence-corrected chi connectivity index (χ3v) is 4.67. The Kier molecular flexibility index (Phi) is 5.78. The highest BCUT2D eigenvalue weighted by Gasteiger charge is 2.34. The second-order valence-electron chi connectivity index (χ2n) is 6.23. The van der Waals surface area contributed by atoms with Crippen LogP contribution in [0.25, 0.3) is 0 Å². The summed E-state index contributed by atoms with van der Waals surface area (Å²) in [6.45, 7) is 5.00. The lowest BCUT2D eigenvalue weighted by Crippen LogP contribution is -2.25. The standard InChI is InChI=1S/C21H25NO4/c1-3-25-18-10-9-14(13-19(18)26-4-2)15(11-12-23)20-16-7-5-6-8-17(16)21(24)22-20/h5-10,13,15,20,23H,3-4,11-12H2,1-2H3,(H,22,24)/t15?,20-/m1/s1. The zero-order valence-corrected chi connectivity index (χ0v) is 15.2. The lowest BCUT2D eigenvalue weighted by atomic mass is 9.85. The van der Waals surface area contributed by atoms with E-state index < -0.39 is 0 Å². The van der Waals surface area contributed by atoms with Crippen LogP contribution in [0.3, 0.4) is 0 Å². The third kappa shape index (κ3) is 3.53. The molecule has 0 radical (unpaired) electrons. The summed E-state index contributed by atoms with van der Waals surface area (Å²) >= 11 is 0. The smallest absolute Gasteiger partial charge is 0.252 e. The van der Waals surface area contributed by atoms with Gasteiger partial charge in [0.25, 0.3) is 5.91 Å². The minimum absolute atomic E-state index is 0.0381. The fraction of sp³-hybridized carbons (Fsp3) is 0.381. The number of hydrogen-bond acceptors (Lipinski definition) is 4. The van der Waals surface area contributed by atoms with Gasteiger partial charge >= 0.3 is 0 Å². The van der Waals surface area contributed by atoms with Crippen molar-refractivity contribution in [3.63, 3.8) is 0 Å². The van der Waals surface area contributed by atoms with Crippen LogP contribution in [0.2, 0.25) is 0 Å². The largest absolute Gasteiger partial charge is 0.490 e. The van der Waals surface area contributed by atoms with E-state index in [1.807, 2.05) is 56.3 Å². The number of ether oxygens (including phenoxy) is 2. The summed E-state index contributed by atoms with van der Waals surface area (Å²) in [6, 6.07) is 13.3. The van der Waals surface area contributed by atoms with Crippen molar-refractivity contribution in [1.82, 2.24) is 5.32 Å². The summed E-state index contributed by atoms with van der Waals surface area (Å²) in [6.07, 6.45) is 0.541. The van der Waals surface area contributed by atoms with Gasteiger partial charge in [-0.3, -0.25) is 4.79 Å². The Balaban J connectivity index is 1.98. The zero-order chi connectivity index (χ0) is 18.5. The van der Waals surface area contributed by atoms with Crippen molar-refractivity contribution in [3.8, 4) is 11.5 Å². The van der Waals surface area contributed by atoms with Crippen molar-refractivity contribution in [2.75, 3.05) is 19.8 Å². The first-order chi connectivity index (χ1) is 12.7. The van der Waals surface area contributed by atoms with Crippen LogP contribution in [-0.2, 0) is 0 Å². The molecular weight excluding hydrogens is 330 g/mol. The van der Waals surface area contributed by atoms with Gasteiger partial charge in [0.2, 0.25) is 0 Å². The first kappa shape index (κ1) is 18.3. The summed E-state index contributed by atoms with van der Waals surface area (Å²) in [5.41, 5.74) is 2.69. The van der Waals surface area contributed by atoms with Crippen LogP contribution in [0.4, 0.5) is 0 Å². The molecule has 0 bridgehead atoms. The van der Waals surface area contributed by atoms with Crippen LogP contribution in [0.5, 0.6) is 11.5 Å². The van der Waals surface area contributed by atoms with E-state index >= 15 is 0 Å². The summed E-state index contributed by atoms with van der Waals surface area (Å²) in [4.78, 5) is 12.3. The van der Waals surface area contributed by atoms with Crippen molar-refractivity contribution in [2.45, 2.75) is 32.2 Å². The van der Waals surface area contributed by atoms with Crippen molar-refractivity contribution in [1.29, 1.82) is 0 Å². The van der Waals surface area contributed by atoms with Gasteiger partial charge in [-0.2, -0.15) is 0 Å².